The highest BCUT2D eigenvalue weighted by Gasteiger charge is 2.62. The van der Waals surface area contributed by atoms with E-state index >= 15 is 9.59 Å². The molecule has 0 spiro atoms. The van der Waals surface area contributed by atoms with Gasteiger partial charge in [-0.15, -0.1) is 0 Å². The molecule has 5 amide bonds. The highest BCUT2D eigenvalue weighted by molar-refractivity contribution is 6.15. The lowest BCUT2D eigenvalue weighted by Crippen LogP contribution is -2.68. The highest BCUT2D eigenvalue weighted by Crippen LogP contribution is 2.35. The summed E-state index contributed by atoms with van der Waals surface area (Å²) in [6.07, 6.45) is 5.57. The van der Waals surface area contributed by atoms with Crippen molar-refractivity contribution in [1.82, 2.24) is 34.9 Å². The molecule has 2 aromatic heterocycles. The van der Waals surface area contributed by atoms with E-state index in [1.165, 1.54) is 91.5 Å². The number of ether oxygens (including phenoxy) is 7. The van der Waals surface area contributed by atoms with Gasteiger partial charge in [0.2, 0.25) is 5.91 Å². The zero-order chi connectivity index (χ0) is 62.1. The van der Waals surface area contributed by atoms with E-state index in [-0.39, 0.29) is 93.8 Å². The van der Waals surface area contributed by atoms with Crippen molar-refractivity contribution in [2.75, 3.05) is 87.0 Å². The summed E-state index contributed by atoms with van der Waals surface area (Å²) >= 11 is 0. The number of amides is 5. The van der Waals surface area contributed by atoms with E-state index < -0.39 is 96.9 Å². The van der Waals surface area contributed by atoms with E-state index in [2.05, 4.69) is 16.0 Å². The van der Waals surface area contributed by atoms with Crippen LogP contribution < -0.4 is 41.3 Å². The fraction of sp³-hybridized carbons (Fsp3) is 0.317. The summed E-state index contributed by atoms with van der Waals surface area (Å²) in [6, 6.07) is 34.6. The second kappa shape index (κ2) is 32.4. The summed E-state index contributed by atoms with van der Waals surface area (Å²) in [5, 5.41) is 17.3. The van der Waals surface area contributed by atoms with Crippen LogP contribution in [-0.4, -0.2) is 158 Å². The molecular weight excluding hydrogens is 1130 g/mol. The minimum Gasteiger partial charge on any atom is -0.482 e. The first-order valence-electron chi connectivity index (χ1n) is 27.8. The molecule has 0 saturated carbocycles. The first kappa shape index (κ1) is 64.6. The zero-order valence-corrected chi connectivity index (χ0v) is 48.4. The van der Waals surface area contributed by atoms with Crippen LogP contribution in [0.15, 0.2) is 162 Å². The number of rotatable bonds is 33. The molecule has 0 radical (unpaired) electrons. The van der Waals surface area contributed by atoms with Gasteiger partial charge in [-0.2, -0.15) is 0 Å². The molecule has 1 aliphatic heterocycles. The van der Waals surface area contributed by atoms with Gasteiger partial charge in [0, 0.05) is 92.3 Å². The Labute approximate surface area is 501 Å². The largest absolute Gasteiger partial charge is 0.482 e. The highest BCUT2D eigenvalue weighted by atomic mass is 16.6. The number of esters is 1. The van der Waals surface area contributed by atoms with Crippen LogP contribution in [0.4, 0.5) is 0 Å². The summed E-state index contributed by atoms with van der Waals surface area (Å²) in [5.41, 5.74) is -2.56. The summed E-state index contributed by atoms with van der Waals surface area (Å²) in [7, 11) is 4.34. The predicted molar refractivity (Wildman–Crippen MR) is 315 cm³/mol. The van der Waals surface area contributed by atoms with E-state index in [1.54, 1.807) is 78.9 Å². The first-order valence-corrected chi connectivity index (χ1v) is 27.8. The van der Waals surface area contributed by atoms with E-state index in [0.717, 1.165) is 9.80 Å². The summed E-state index contributed by atoms with van der Waals surface area (Å²) < 4.78 is 41.9. The average Bonchev–Trinajstić information content (AvgIpc) is 0.845. The van der Waals surface area contributed by atoms with Gasteiger partial charge in [0.1, 0.15) is 24.9 Å². The van der Waals surface area contributed by atoms with Crippen LogP contribution in [0.1, 0.15) is 47.8 Å². The summed E-state index contributed by atoms with van der Waals surface area (Å²) in [5.74, 6) is -9.30. The fourth-order valence-electron chi connectivity index (χ4n) is 9.15. The van der Waals surface area contributed by atoms with Crippen molar-refractivity contribution >= 4 is 41.5 Å². The Bertz CT molecular complexity index is 3340. The number of hydrogen-bond acceptors (Lipinski definition) is 16. The third-order valence-corrected chi connectivity index (χ3v) is 13.8. The van der Waals surface area contributed by atoms with Gasteiger partial charge in [0.05, 0.1) is 36.5 Å². The molecule has 0 saturated heterocycles. The molecular formula is C63H69N7O17. The molecule has 0 bridgehead atoms. The van der Waals surface area contributed by atoms with Gasteiger partial charge in [-0.3, -0.25) is 33.6 Å². The molecule has 3 heterocycles. The maximum atomic E-state index is 16.1. The van der Waals surface area contributed by atoms with E-state index in [1.807, 2.05) is 12.1 Å². The summed E-state index contributed by atoms with van der Waals surface area (Å²) in [4.78, 5) is 130. The molecule has 458 valence electrons. The van der Waals surface area contributed by atoms with E-state index in [0.29, 0.717) is 22.4 Å². The van der Waals surface area contributed by atoms with Gasteiger partial charge < -0.3 is 73.1 Å². The van der Waals surface area contributed by atoms with Crippen molar-refractivity contribution in [1.29, 1.82) is 0 Å². The van der Waals surface area contributed by atoms with Gasteiger partial charge in [-0.1, -0.05) is 97.1 Å². The summed E-state index contributed by atoms with van der Waals surface area (Å²) in [6.45, 7) is -2.16. The van der Waals surface area contributed by atoms with Gasteiger partial charge >= 0.3 is 11.9 Å². The standard InChI is InChI=1S/C63H69N7O17/c1-81-38-35-67-30-24-49(53(58(67)76)85-41-45-13-7-4-8-14-45)55(73)65-28-33-70(34-29-66-56(74)50-25-31-68(36-39-82-2)59(77)54(50)86-42-46-15-9-5-10-16-46)62(80)63(87-60(78)47-17-11-6-12-18-47)51(26-32-69(61(63)79)37-40-83-3)57(75)64-27-23-44-19-21-48(22-20-44)84-43-52(71)72/h4-22,24-26,30-32,51H,23,27-29,33-43H2,1-3H3,(H,64,75)(H,65,73)(H,66,74)(H,71,72). The second-order valence-corrected chi connectivity index (χ2v) is 19.6. The van der Waals surface area contributed by atoms with Gasteiger partial charge in [-0.05, 0) is 59.5 Å². The van der Waals surface area contributed by atoms with Crippen molar-refractivity contribution in [3.05, 3.63) is 206 Å². The molecule has 4 N–H and O–H groups in total. The molecule has 87 heavy (non-hydrogen) atoms. The number of methoxy groups -OCH3 is 3. The third kappa shape index (κ3) is 17.4. The number of pyridine rings is 2. The van der Waals surface area contributed by atoms with Crippen LogP contribution in [-0.2, 0) is 70.8 Å². The van der Waals surface area contributed by atoms with E-state index in [4.69, 9.17) is 38.3 Å². The molecule has 6 aromatic rings. The van der Waals surface area contributed by atoms with Gasteiger partial charge in [-0.25, -0.2) is 9.59 Å². The van der Waals surface area contributed by atoms with Gasteiger partial charge in [0.15, 0.2) is 18.1 Å². The number of carbonyl (C=O) groups excluding carboxylic acids is 6. The maximum Gasteiger partial charge on any atom is 0.341 e. The number of nitrogens with zero attached hydrogens (tertiary/aromatic N) is 4. The third-order valence-electron chi connectivity index (χ3n) is 13.8. The van der Waals surface area contributed by atoms with Crippen LogP contribution in [0.25, 0.3) is 0 Å². The number of carboxylic acids is 1. The number of hydrogen-bond donors (Lipinski definition) is 4. The lowest BCUT2D eigenvalue weighted by Gasteiger charge is -2.43. The minimum atomic E-state index is -3.02. The first-order chi connectivity index (χ1) is 42.2. The van der Waals surface area contributed by atoms with Crippen molar-refractivity contribution < 1.29 is 71.8 Å². The van der Waals surface area contributed by atoms with Crippen molar-refractivity contribution in [2.45, 2.75) is 38.3 Å². The number of aliphatic carboxylic acids is 1. The monoisotopic (exact) mass is 1200 g/mol. The predicted octanol–water partition coefficient (Wildman–Crippen LogP) is 3.49. The Hall–Kier alpha value is -9.91. The smallest absolute Gasteiger partial charge is 0.341 e. The maximum absolute atomic E-state index is 16.1. The number of aromatic nitrogens is 2. The Kier molecular flexibility index (Phi) is 24.1. The molecule has 0 aliphatic carbocycles. The number of carbonyl (C=O) groups is 7. The van der Waals surface area contributed by atoms with Gasteiger partial charge in [0.25, 0.3) is 40.3 Å². The Morgan fingerprint density at radius 1 is 0.575 bits per heavy atom. The van der Waals surface area contributed by atoms with Crippen LogP contribution in [0, 0.1) is 5.92 Å². The fourth-order valence-corrected chi connectivity index (χ4v) is 9.15. The Balaban J connectivity index is 1.25. The Morgan fingerprint density at radius 3 is 1.56 bits per heavy atom. The van der Waals surface area contributed by atoms with Crippen LogP contribution in [0.2, 0.25) is 0 Å². The van der Waals surface area contributed by atoms with Crippen LogP contribution >= 0.6 is 0 Å². The number of nitrogens with one attached hydrogen (secondary N) is 3. The van der Waals surface area contributed by atoms with Crippen molar-refractivity contribution in [3.8, 4) is 17.2 Å². The normalized spacial score (nSPS) is 14.4. The van der Waals surface area contributed by atoms with Crippen LogP contribution in [0.3, 0.4) is 0 Å². The molecule has 2 atom stereocenters. The second-order valence-electron chi connectivity index (χ2n) is 19.6. The molecule has 24 nitrogen and oxygen atoms in total. The molecule has 2 unspecified atom stereocenters. The zero-order valence-electron chi connectivity index (χ0n) is 48.4. The lowest BCUT2D eigenvalue weighted by atomic mass is 9.80. The number of benzene rings is 4. The van der Waals surface area contributed by atoms with Crippen molar-refractivity contribution in [2.24, 2.45) is 5.92 Å². The molecule has 4 aromatic carbocycles. The van der Waals surface area contributed by atoms with E-state index in [9.17, 15) is 33.6 Å². The average molecular weight is 1200 g/mol. The minimum absolute atomic E-state index is 0.0618. The molecule has 0 fully saturated rings. The Morgan fingerprint density at radius 2 is 1.07 bits per heavy atom. The van der Waals surface area contributed by atoms with Crippen LogP contribution in [0.5, 0.6) is 17.2 Å². The SMILES string of the molecule is COCCN1C=CC(C(=O)NCCc2ccc(OCC(=O)O)cc2)C(OC(=O)c2ccccc2)(C(=O)N(CCNC(=O)c2ccn(CCOC)c(=O)c2OCc2ccccc2)CCNC(=O)c2ccn(CCOC)c(=O)c2OCc2ccccc2)C1=O. The molecule has 24 heteroatoms. The number of carboxylic acid groups (broad SMARTS) is 1. The topological polar surface area (TPSA) is 291 Å². The quantitative estimate of drug-likeness (QED) is 0.0339. The molecule has 1 aliphatic rings. The lowest BCUT2D eigenvalue weighted by molar-refractivity contribution is -0.175. The molecule has 7 rings (SSSR count). The van der Waals surface area contributed by atoms with Crippen molar-refractivity contribution in [3.63, 3.8) is 0 Å².